The third-order valence-electron chi connectivity index (χ3n) is 7.92. The number of benzene rings is 1. The van der Waals surface area contributed by atoms with Crippen molar-refractivity contribution in [3.05, 3.63) is 77.0 Å². The van der Waals surface area contributed by atoms with E-state index in [4.69, 9.17) is 31.8 Å². The number of hydrogen-bond acceptors (Lipinski definition) is 9. The standard InChI is InChI=1S/C30H33FN10/c31-22-9-8-20(23(33)10-11-32)18-26(22)40-16-14-39(15-17-40)13-5-1-2-6-24-27-21(19-36-24)28-38-29(41(28)30(34)37-27)25-7-3-4-12-35-25/h3-4,7-12,18-19,24,34H,1-2,5-6,13-17H2,(H3,32,33)/p+1. The van der Waals surface area contributed by atoms with Gasteiger partial charge in [0, 0.05) is 50.5 Å². The van der Waals surface area contributed by atoms with E-state index < -0.39 is 0 Å². The molecule has 0 radical (unpaired) electrons. The number of aliphatic imine (C=N–C) groups is 2. The molecule has 1 fully saturated rings. The van der Waals surface area contributed by atoms with E-state index in [-0.39, 0.29) is 11.9 Å². The van der Waals surface area contributed by atoms with Gasteiger partial charge in [0.1, 0.15) is 23.2 Å². The summed E-state index contributed by atoms with van der Waals surface area (Å²) in [6.07, 6.45) is 10.5. The van der Waals surface area contributed by atoms with Crippen molar-refractivity contribution in [3.63, 3.8) is 0 Å². The van der Waals surface area contributed by atoms with Crippen molar-refractivity contribution in [2.45, 2.75) is 31.7 Å². The van der Waals surface area contributed by atoms with E-state index >= 15 is 0 Å². The first-order chi connectivity index (χ1) is 20.0. The molecule has 41 heavy (non-hydrogen) atoms. The summed E-state index contributed by atoms with van der Waals surface area (Å²) in [5.74, 6) is 1.69. The van der Waals surface area contributed by atoms with Gasteiger partial charge in [-0.2, -0.15) is 4.57 Å². The lowest BCUT2D eigenvalue weighted by molar-refractivity contribution is -0.543. The van der Waals surface area contributed by atoms with Crippen LogP contribution in [-0.2, 0) is 0 Å². The van der Waals surface area contributed by atoms with Gasteiger partial charge in [-0.15, -0.1) is 9.98 Å². The van der Waals surface area contributed by atoms with Crippen LogP contribution in [0.5, 0.6) is 0 Å². The number of anilines is 2. The van der Waals surface area contributed by atoms with Crippen molar-refractivity contribution in [2.24, 2.45) is 15.7 Å². The number of nitrogen functional groups attached to an aromatic ring is 1. The van der Waals surface area contributed by atoms with E-state index in [1.807, 2.05) is 29.0 Å². The number of allylic oxidation sites excluding steroid dienone is 1. The summed E-state index contributed by atoms with van der Waals surface area (Å²) in [5.41, 5.74) is 16.7. The predicted molar refractivity (Wildman–Crippen MR) is 159 cm³/mol. The van der Waals surface area contributed by atoms with Crippen molar-refractivity contribution in [3.8, 4) is 0 Å². The number of nitrogens with one attached hydrogen (secondary N) is 1. The van der Waals surface area contributed by atoms with Crippen LogP contribution in [0.15, 0.2) is 58.7 Å². The largest absolute Gasteiger partial charge is 0.398 e. The minimum atomic E-state index is -0.245. The molecule has 3 aliphatic heterocycles. The zero-order valence-corrected chi connectivity index (χ0v) is 22.9. The highest BCUT2D eigenvalue weighted by molar-refractivity contribution is 6.00. The monoisotopic (exact) mass is 553 g/mol. The third kappa shape index (κ3) is 5.32. The number of nitrogens with two attached hydrogens (primary N) is 2. The lowest BCUT2D eigenvalue weighted by Gasteiger charge is -2.36. The number of pyridine rings is 1. The van der Waals surface area contributed by atoms with Gasteiger partial charge in [-0.1, -0.05) is 18.9 Å². The van der Waals surface area contributed by atoms with Crippen LogP contribution in [0.4, 0.5) is 21.8 Å². The molecular weight excluding hydrogens is 519 g/mol. The fraction of sp³-hybridized carbons (Fsp3) is 0.333. The molecule has 1 saturated heterocycles. The van der Waals surface area contributed by atoms with Crippen molar-refractivity contribution in [1.82, 2.24) is 14.9 Å². The summed E-state index contributed by atoms with van der Waals surface area (Å²) in [7, 11) is 0. The number of aromatic nitrogens is 3. The fourth-order valence-electron chi connectivity index (χ4n) is 5.68. The second-order valence-corrected chi connectivity index (χ2v) is 10.5. The number of halogens is 1. The van der Waals surface area contributed by atoms with Gasteiger partial charge in [0.05, 0.1) is 11.3 Å². The van der Waals surface area contributed by atoms with Crippen LogP contribution in [0, 0.1) is 11.2 Å². The lowest BCUT2D eigenvalue weighted by Crippen LogP contribution is -2.54. The van der Waals surface area contributed by atoms with E-state index in [0.717, 1.165) is 93.0 Å². The molecule has 11 heteroatoms. The van der Waals surface area contributed by atoms with E-state index in [9.17, 15) is 4.39 Å². The first kappa shape index (κ1) is 26.7. The zero-order valence-electron chi connectivity index (χ0n) is 22.9. The molecule has 1 atom stereocenters. The SMILES string of the molecule is N=C/C=C(\N)c1ccc(F)c(N2CCN(CCCCCC3N=Cc4c3nc(N)[n+]3c4N=C3c3ccccn3)CC2)c1. The van der Waals surface area contributed by atoms with Crippen molar-refractivity contribution < 1.29 is 8.96 Å². The molecule has 1 unspecified atom stereocenters. The quantitative estimate of drug-likeness (QED) is 0.157. The molecule has 0 amide bonds. The second kappa shape index (κ2) is 11.5. The Kier molecular flexibility index (Phi) is 7.51. The van der Waals surface area contributed by atoms with E-state index in [2.05, 4.69) is 14.8 Å². The molecule has 2 aromatic heterocycles. The number of hydrogen-bond donors (Lipinski definition) is 3. The van der Waals surface area contributed by atoms with Crippen molar-refractivity contribution in [1.29, 1.82) is 5.41 Å². The summed E-state index contributed by atoms with van der Waals surface area (Å²) < 4.78 is 16.4. The Morgan fingerprint density at radius 1 is 1.12 bits per heavy atom. The Morgan fingerprint density at radius 3 is 2.76 bits per heavy atom. The highest BCUT2D eigenvalue weighted by atomic mass is 19.1. The Morgan fingerprint density at radius 2 is 1.98 bits per heavy atom. The van der Waals surface area contributed by atoms with Crippen molar-refractivity contribution >= 4 is 41.4 Å². The Labute approximate surface area is 238 Å². The number of fused-ring (bicyclic) bond motifs is 3. The number of piperazine rings is 1. The van der Waals surface area contributed by atoms with Crippen LogP contribution in [0.3, 0.4) is 0 Å². The van der Waals surface area contributed by atoms with Crippen LogP contribution in [0.25, 0.3) is 5.70 Å². The Balaban J connectivity index is 0.962. The van der Waals surface area contributed by atoms with Gasteiger partial charge >= 0.3 is 5.95 Å². The average molecular weight is 554 g/mol. The summed E-state index contributed by atoms with van der Waals surface area (Å²) in [5, 5.41) is 7.21. The van der Waals surface area contributed by atoms with Crippen molar-refractivity contribution in [2.75, 3.05) is 43.4 Å². The maximum Gasteiger partial charge on any atom is 0.323 e. The highest BCUT2D eigenvalue weighted by Gasteiger charge is 2.37. The number of rotatable bonds is 10. The van der Waals surface area contributed by atoms with Crippen LogP contribution < -0.4 is 20.9 Å². The molecule has 5 N–H and O–H groups in total. The van der Waals surface area contributed by atoms with Gasteiger partial charge in [0.25, 0.3) is 0 Å². The normalized spacial score (nSPS) is 18.1. The summed E-state index contributed by atoms with van der Waals surface area (Å²) in [6.45, 7) is 4.34. The molecule has 0 bridgehead atoms. The molecule has 3 aromatic rings. The van der Waals surface area contributed by atoms with Crippen LogP contribution in [-0.4, -0.2) is 65.9 Å². The highest BCUT2D eigenvalue weighted by Crippen LogP contribution is 2.35. The summed E-state index contributed by atoms with van der Waals surface area (Å²) in [4.78, 5) is 23.0. The molecule has 0 spiro atoms. The molecule has 6 rings (SSSR count). The lowest BCUT2D eigenvalue weighted by atomic mass is 10.0. The molecule has 10 nitrogen and oxygen atoms in total. The van der Waals surface area contributed by atoms with Gasteiger partial charge in [0.15, 0.2) is 0 Å². The molecule has 5 heterocycles. The van der Waals surface area contributed by atoms with Gasteiger partial charge in [0.2, 0.25) is 11.7 Å². The molecule has 1 aromatic carbocycles. The first-order valence-corrected chi connectivity index (χ1v) is 14.1. The smallest absolute Gasteiger partial charge is 0.323 e. The minimum Gasteiger partial charge on any atom is -0.398 e. The van der Waals surface area contributed by atoms with Crippen LogP contribution >= 0.6 is 0 Å². The minimum absolute atomic E-state index is 0.0180. The zero-order chi connectivity index (χ0) is 28.3. The molecule has 0 aliphatic carbocycles. The van der Waals surface area contributed by atoms with E-state index in [0.29, 0.717) is 23.2 Å². The predicted octanol–water partition coefficient (Wildman–Crippen LogP) is 3.23. The Bertz CT molecular complexity index is 1540. The van der Waals surface area contributed by atoms with Crippen LogP contribution in [0.2, 0.25) is 0 Å². The maximum atomic E-state index is 14.6. The molecule has 3 aliphatic rings. The summed E-state index contributed by atoms with van der Waals surface area (Å²) >= 11 is 0. The first-order valence-electron chi connectivity index (χ1n) is 14.1. The number of unbranched alkanes of at least 4 members (excludes halogenated alkanes) is 2. The van der Waals surface area contributed by atoms with Gasteiger partial charge in [-0.3, -0.25) is 14.9 Å². The van der Waals surface area contributed by atoms with E-state index in [1.165, 1.54) is 12.1 Å². The molecule has 0 saturated carbocycles. The van der Waals surface area contributed by atoms with Gasteiger partial charge in [-0.25, -0.2) is 4.39 Å². The summed E-state index contributed by atoms with van der Waals surface area (Å²) in [6, 6.07) is 10.6. The number of nitrogens with zero attached hydrogens (tertiary/aromatic N) is 7. The third-order valence-corrected chi connectivity index (χ3v) is 7.92. The molecular formula is C30H34FN10+. The maximum absolute atomic E-state index is 14.6. The molecule has 210 valence electrons. The van der Waals surface area contributed by atoms with Gasteiger partial charge in [-0.05, 0) is 61.4 Å². The topological polar surface area (TPSA) is 137 Å². The Hall–Kier alpha value is -4.51. The average Bonchev–Trinajstić information content (AvgIpc) is 3.35. The van der Waals surface area contributed by atoms with E-state index in [1.54, 1.807) is 18.3 Å². The van der Waals surface area contributed by atoms with Gasteiger partial charge < -0.3 is 21.8 Å². The second-order valence-electron chi connectivity index (χ2n) is 10.5. The van der Waals surface area contributed by atoms with Crippen LogP contribution in [0.1, 0.15) is 54.2 Å². The fourth-order valence-corrected chi connectivity index (χ4v) is 5.68.